The van der Waals surface area contributed by atoms with Crippen LogP contribution in [-0.4, -0.2) is 27.0 Å². The fourth-order valence-electron chi connectivity index (χ4n) is 2.70. The summed E-state index contributed by atoms with van der Waals surface area (Å²) in [5, 5.41) is 20.6. The lowest BCUT2D eigenvalue weighted by molar-refractivity contribution is 0.0612. The number of carbonyl (C=O) groups excluding carboxylic acids is 2. The molecular weight excluding hydrogens is 356 g/mol. The second-order valence-electron chi connectivity index (χ2n) is 8.94. The van der Waals surface area contributed by atoms with E-state index >= 15 is 0 Å². The number of nitrogens with zero attached hydrogens (tertiary/aromatic N) is 1. The first-order valence-corrected chi connectivity index (χ1v) is 9.04. The Hall–Kier alpha value is -2.86. The van der Waals surface area contributed by atoms with Crippen molar-refractivity contribution >= 4 is 11.8 Å². The van der Waals surface area contributed by atoms with Crippen molar-refractivity contribution in [3.05, 3.63) is 58.7 Å². The zero-order chi connectivity index (χ0) is 21.4. The molecule has 2 rings (SSSR count). The van der Waals surface area contributed by atoms with E-state index in [2.05, 4.69) is 0 Å². The predicted molar refractivity (Wildman–Crippen MR) is 108 cm³/mol. The summed E-state index contributed by atoms with van der Waals surface area (Å²) in [5.41, 5.74) is 0.959. The first-order chi connectivity index (χ1) is 12.7. The van der Waals surface area contributed by atoms with Crippen LogP contribution in [0, 0.1) is 0 Å². The number of amides is 2. The van der Waals surface area contributed by atoms with Crippen LogP contribution in [0.4, 0.5) is 0 Å². The number of benzene rings is 2. The normalized spacial score (nSPS) is 12.0. The van der Waals surface area contributed by atoms with Gasteiger partial charge in [0.15, 0.2) is 0 Å². The van der Waals surface area contributed by atoms with Gasteiger partial charge in [-0.1, -0.05) is 53.7 Å². The van der Waals surface area contributed by atoms with Crippen LogP contribution in [0.3, 0.4) is 0 Å². The highest BCUT2D eigenvalue weighted by atomic mass is 16.3. The fourth-order valence-corrected chi connectivity index (χ4v) is 2.70. The van der Waals surface area contributed by atoms with Gasteiger partial charge >= 0.3 is 0 Å². The molecule has 0 aliphatic heterocycles. The molecule has 150 valence electrons. The van der Waals surface area contributed by atoms with Crippen molar-refractivity contribution in [1.29, 1.82) is 0 Å². The molecule has 0 saturated carbocycles. The Morgan fingerprint density at radius 2 is 1.07 bits per heavy atom. The van der Waals surface area contributed by atoms with Crippen LogP contribution < -0.4 is 5.84 Å². The molecule has 0 aromatic heterocycles. The Kier molecular flexibility index (Phi) is 5.57. The van der Waals surface area contributed by atoms with Gasteiger partial charge in [0.25, 0.3) is 11.8 Å². The summed E-state index contributed by atoms with van der Waals surface area (Å²) in [4.78, 5) is 25.6. The molecule has 0 aliphatic carbocycles. The third-order valence-electron chi connectivity index (χ3n) is 4.62. The molecule has 0 unspecified atom stereocenters. The molecule has 2 amide bonds. The van der Waals surface area contributed by atoms with Crippen molar-refractivity contribution in [2.45, 2.75) is 52.4 Å². The Balaban J connectivity index is 2.43. The summed E-state index contributed by atoms with van der Waals surface area (Å²) in [7, 11) is 0. The van der Waals surface area contributed by atoms with E-state index in [-0.39, 0.29) is 33.5 Å². The lowest BCUT2D eigenvalue weighted by Crippen LogP contribution is -2.42. The third kappa shape index (κ3) is 4.34. The zero-order valence-electron chi connectivity index (χ0n) is 17.2. The Morgan fingerprint density at radius 1 is 0.750 bits per heavy atom. The third-order valence-corrected chi connectivity index (χ3v) is 4.62. The number of aromatic hydroxyl groups is 2. The SMILES string of the molecule is CC(C)(C)c1ccc(O)c(C(=O)N(N)C(=O)c2cc(C(C)(C)C)ccc2O)c1. The lowest BCUT2D eigenvalue weighted by atomic mass is 9.85. The summed E-state index contributed by atoms with van der Waals surface area (Å²) in [5.74, 6) is 3.55. The first-order valence-electron chi connectivity index (χ1n) is 9.04. The Labute approximate surface area is 165 Å². The molecule has 0 radical (unpaired) electrons. The van der Waals surface area contributed by atoms with Crippen molar-refractivity contribution in [2.75, 3.05) is 0 Å². The van der Waals surface area contributed by atoms with Crippen molar-refractivity contribution in [2.24, 2.45) is 5.84 Å². The van der Waals surface area contributed by atoms with E-state index in [0.717, 1.165) is 11.1 Å². The van der Waals surface area contributed by atoms with Crippen molar-refractivity contribution < 1.29 is 19.8 Å². The summed E-state index contributed by atoms with van der Waals surface area (Å²) in [6.45, 7) is 11.8. The molecule has 6 heteroatoms. The number of hydrazine groups is 1. The first kappa shape index (κ1) is 21.4. The maximum Gasteiger partial charge on any atom is 0.278 e. The van der Waals surface area contributed by atoms with Crippen LogP contribution in [-0.2, 0) is 10.8 Å². The van der Waals surface area contributed by atoms with Gasteiger partial charge in [-0.25, -0.2) is 10.9 Å². The summed E-state index contributed by atoms with van der Waals surface area (Å²) >= 11 is 0. The van der Waals surface area contributed by atoms with E-state index in [1.54, 1.807) is 12.1 Å². The molecule has 6 nitrogen and oxygen atoms in total. The van der Waals surface area contributed by atoms with Crippen LogP contribution >= 0.6 is 0 Å². The van der Waals surface area contributed by atoms with Gasteiger partial charge in [0.1, 0.15) is 11.5 Å². The second kappa shape index (κ2) is 7.28. The molecule has 2 aromatic carbocycles. The molecule has 0 bridgehead atoms. The highest BCUT2D eigenvalue weighted by Gasteiger charge is 2.28. The van der Waals surface area contributed by atoms with Gasteiger partial charge in [0.2, 0.25) is 0 Å². The molecule has 0 heterocycles. The fraction of sp³-hybridized carbons (Fsp3) is 0.364. The number of phenolic OH excluding ortho intramolecular Hbond substituents is 2. The average molecular weight is 384 g/mol. The van der Waals surface area contributed by atoms with Gasteiger partial charge in [-0.3, -0.25) is 9.59 Å². The summed E-state index contributed by atoms with van der Waals surface area (Å²) in [6, 6.07) is 9.29. The van der Waals surface area contributed by atoms with Crippen LogP contribution in [0.15, 0.2) is 36.4 Å². The largest absolute Gasteiger partial charge is 0.507 e. The minimum Gasteiger partial charge on any atom is -0.507 e. The number of rotatable bonds is 2. The Bertz CT molecular complexity index is 846. The lowest BCUT2D eigenvalue weighted by Gasteiger charge is -2.23. The molecule has 0 atom stereocenters. The highest BCUT2D eigenvalue weighted by Crippen LogP contribution is 2.30. The van der Waals surface area contributed by atoms with Gasteiger partial charge in [-0.05, 0) is 46.2 Å². The zero-order valence-corrected chi connectivity index (χ0v) is 17.2. The monoisotopic (exact) mass is 384 g/mol. The van der Waals surface area contributed by atoms with Crippen molar-refractivity contribution in [3.63, 3.8) is 0 Å². The van der Waals surface area contributed by atoms with E-state index in [4.69, 9.17) is 5.84 Å². The van der Waals surface area contributed by atoms with E-state index in [9.17, 15) is 19.8 Å². The smallest absolute Gasteiger partial charge is 0.278 e. The van der Waals surface area contributed by atoms with E-state index in [1.165, 1.54) is 24.3 Å². The predicted octanol–water partition coefficient (Wildman–Crippen LogP) is 3.85. The minimum absolute atomic E-state index is 0.0743. The number of hydrogen-bond donors (Lipinski definition) is 3. The molecule has 28 heavy (non-hydrogen) atoms. The number of hydrogen-bond acceptors (Lipinski definition) is 5. The highest BCUT2D eigenvalue weighted by molar-refractivity contribution is 6.11. The van der Waals surface area contributed by atoms with E-state index in [1.807, 2.05) is 41.5 Å². The summed E-state index contributed by atoms with van der Waals surface area (Å²) in [6.07, 6.45) is 0. The number of phenols is 2. The average Bonchev–Trinajstić information content (AvgIpc) is 2.58. The topological polar surface area (TPSA) is 104 Å². The van der Waals surface area contributed by atoms with Crippen LogP contribution in [0.5, 0.6) is 11.5 Å². The van der Waals surface area contributed by atoms with Crippen molar-refractivity contribution in [3.8, 4) is 11.5 Å². The van der Waals surface area contributed by atoms with Crippen LogP contribution in [0.2, 0.25) is 0 Å². The van der Waals surface area contributed by atoms with E-state index in [0.29, 0.717) is 5.01 Å². The van der Waals surface area contributed by atoms with Gasteiger partial charge in [-0.15, -0.1) is 0 Å². The minimum atomic E-state index is -0.853. The van der Waals surface area contributed by atoms with Gasteiger partial charge in [0, 0.05) is 0 Å². The maximum absolute atomic E-state index is 12.8. The summed E-state index contributed by atoms with van der Waals surface area (Å²) < 4.78 is 0. The molecule has 4 N–H and O–H groups in total. The molecule has 0 fully saturated rings. The molecular formula is C22H28N2O4. The number of carbonyl (C=O) groups is 2. The van der Waals surface area contributed by atoms with Crippen LogP contribution in [0.1, 0.15) is 73.4 Å². The van der Waals surface area contributed by atoms with Crippen molar-refractivity contribution in [1.82, 2.24) is 5.01 Å². The van der Waals surface area contributed by atoms with Gasteiger partial charge < -0.3 is 10.2 Å². The molecule has 2 aromatic rings. The Morgan fingerprint density at radius 3 is 1.36 bits per heavy atom. The molecule has 0 spiro atoms. The van der Waals surface area contributed by atoms with Gasteiger partial charge in [0.05, 0.1) is 11.1 Å². The van der Waals surface area contributed by atoms with Crippen LogP contribution in [0.25, 0.3) is 0 Å². The molecule has 0 aliphatic rings. The number of nitrogens with two attached hydrogens (primary N) is 1. The number of imide groups is 1. The maximum atomic E-state index is 12.8. The van der Waals surface area contributed by atoms with Gasteiger partial charge in [-0.2, -0.15) is 0 Å². The second-order valence-corrected chi connectivity index (χ2v) is 8.94. The van der Waals surface area contributed by atoms with E-state index < -0.39 is 11.8 Å². The standard InChI is InChI=1S/C22H28N2O4/c1-21(2,3)13-7-9-17(25)15(11-13)19(27)24(23)20(28)16-12-14(22(4,5)6)8-10-18(16)26/h7-12,25-26H,23H2,1-6H3. The quantitative estimate of drug-likeness (QED) is 0.316. The molecule has 0 saturated heterocycles.